The number of ether oxygens (including phenoxy) is 1. The third-order valence-electron chi connectivity index (χ3n) is 3.42. The number of anilines is 1. The van der Waals surface area contributed by atoms with Crippen LogP contribution in [0.25, 0.3) is 0 Å². The highest BCUT2D eigenvalue weighted by molar-refractivity contribution is 5.94. The Kier molecular flexibility index (Phi) is 4.37. The predicted molar refractivity (Wildman–Crippen MR) is 73.1 cm³/mol. The van der Waals surface area contributed by atoms with Gasteiger partial charge in [-0.25, -0.2) is 0 Å². The van der Waals surface area contributed by atoms with Gasteiger partial charge in [-0.3, -0.25) is 14.8 Å². The predicted octanol–water partition coefficient (Wildman–Crippen LogP) is 0.637. The Labute approximate surface area is 117 Å². The van der Waals surface area contributed by atoms with Gasteiger partial charge in [-0.15, -0.1) is 0 Å². The molecule has 2 N–H and O–H groups in total. The molecule has 20 heavy (non-hydrogen) atoms. The van der Waals surface area contributed by atoms with Crippen LogP contribution in [0.5, 0.6) is 0 Å². The van der Waals surface area contributed by atoms with Gasteiger partial charge in [0.1, 0.15) is 17.7 Å². The van der Waals surface area contributed by atoms with Crippen molar-refractivity contribution in [1.82, 2.24) is 15.1 Å². The van der Waals surface area contributed by atoms with Crippen LogP contribution < -0.4 is 5.32 Å². The number of hydrogen-bond donors (Lipinski definition) is 2. The van der Waals surface area contributed by atoms with Crippen LogP contribution in [0.15, 0.2) is 0 Å². The monoisotopic (exact) mass is 277 g/mol. The van der Waals surface area contributed by atoms with Crippen molar-refractivity contribution in [2.75, 3.05) is 25.0 Å². The molecule has 7 nitrogen and oxygen atoms in total. The fourth-order valence-corrected chi connectivity index (χ4v) is 2.15. The summed E-state index contributed by atoms with van der Waals surface area (Å²) in [6.45, 7) is 7.82. The van der Waals surface area contributed by atoms with E-state index in [0.717, 1.165) is 6.54 Å². The van der Waals surface area contributed by atoms with Crippen LogP contribution in [0.3, 0.4) is 0 Å². The number of hydrogen-bond acceptors (Lipinski definition) is 5. The second-order valence-electron chi connectivity index (χ2n) is 5.12. The number of aromatic amines is 1. The molecule has 2 heterocycles. The largest absolute Gasteiger partial charge is 0.366 e. The van der Waals surface area contributed by atoms with Crippen LogP contribution in [-0.4, -0.2) is 52.8 Å². The van der Waals surface area contributed by atoms with Crippen LogP contribution >= 0.6 is 0 Å². The van der Waals surface area contributed by atoms with Gasteiger partial charge >= 0.3 is 0 Å². The summed E-state index contributed by atoms with van der Waals surface area (Å²) in [7, 11) is 0. The van der Waals surface area contributed by atoms with E-state index in [1.165, 1.54) is 0 Å². The highest BCUT2D eigenvalue weighted by Crippen LogP contribution is 2.16. The number of morpholine rings is 1. The lowest BCUT2D eigenvalue weighted by Gasteiger charge is -2.34. The molecule has 0 bridgehead atoms. The number of nitriles is 1. The number of carbonyl (C=O) groups is 1. The minimum Gasteiger partial charge on any atom is -0.366 e. The maximum atomic E-state index is 12.2. The van der Waals surface area contributed by atoms with Crippen LogP contribution in [0, 0.1) is 18.3 Å². The minimum absolute atomic E-state index is 0.264. The molecule has 1 aliphatic heterocycles. The van der Waals surface area contributed by atoms with Crippen LogP contribution in [0.2, 0.25) is 0 Å². The lowest BCUT2D eigenvalue weighted by atomic mass is 10.2. The van der Waals surface area contributed by atoms with Gasteiger partial charge in [0.2, 0.25) is 0 Å². The SMILES string of the molecule is Cc1[nH]nc(NC(=O)C2CN(C(C)C)CCO2)c1C#N. The molecule has 1 aromatic rings. The third-order valence-corrected chi connectivity index (χ3v) is 3.42. The van der Waals surface area contributed by atoms with Crippen molar-refractivity contribution in [3.63, 3.8) is 0 Å². The van der Waals surface area contributed by atoms with Crippen LogP contribution in [0.1, 0.15) is 25.1 Å². The maximum absolute atomic E-state index is 12.2. The van der Waals surface area contributed by atoms with Gasteiger partial charge in [0.25, 0.3) is 5.91 Å². The minimum atomic E-state index is -0.533. The molecule has 1 amide bonds. The van der Waals surface area contributed by atoms with Crippen molar-refractivity contribution in [1.29, 1.82) is 5.26 Å². The van der Waals surface area contributed by atoms with E-state index in [4.69, 9.17) is 10.00 Å². The average Bonchev–Trinajstić information content (AvgIpc) is 2.79. The molecule has 1 saturated heterocycles. The average molecular weight is 277 g/mol. The summed E-state index contributed by atoms with van der Waals surface area (Å²) in [6.07, 6.45) is -0.533. The van der Waals surface area contributed by atoms with Crippen LogP contribution in [0.4, 0.5) is 5.82 Å². The number of H-pyrrole nitrogens is 1. The molecule has 7 heteroatoms. The highest BCUT2D eigenvalue weighted by Gasteiger charge is 2.28. The van der Waals surface area contributed by atoms with E-state index >= 15 is 0 Å². The van der Waals surface area contributed by atoms with Crippen molar-refractivity contribution < 1.29 is 9.53 Å². The summed E-state index contributed by atoms with van der Waals surface area (Å²) < 4.78 is 5.50. The van der Waals surface area contributed by atoms with E-state index in [-0.39, 0.29) is 11.7 Å². The molecule has 1 unspecified atom stereocenters. The molecule has 1 fully saturated rings. The zero-order valence-electron chi connectivity index (χ0n) is 11.9. The summed E-state index contributed by atoms with van der Waals surface area (Å²) in [5.41, 5.74) is 0.992. The van der Waals surface area contributed by atoms with Gasteiger partial charge in [0.05, 0.1) is 12.3 Å². The normalized spacial score (nSPS) is 19.9. The standard InChI is InChI=1S/C13H19N5O2/c1-8(2)18-4-5-20-11(7-18)13(19)15-12-10(6-14)9(3)16-17-12/h8,11H,4-5,7H2,1-3H3,(H2,15,16,17,19). The fourth-order valence-electron chi connectivity index (χ4n) is 2.15. The number of aromatic nitrogens is 2. The molecule has 108 valence electrons. The Morgan fingerprint density at radius 2 is 2.40 bits per heavy atom. The Bertz CT molecular complexity index is 531. The molecule has 0 spiro atoms. The third kappa shape index (κ3) is 2.98. The Balaban J connectivity index is 2.03. The molecular formula is C13H19N5O2. The van der Waals surface area contributed by atoms with E-state index in [9.17, 15) is 4.79 Å². The maximum Gasteiger partial charge on any atom is 0.256 e. The zero-order chi connectivity index (χ0) is 14.7. The second-order valence-corrected chi connectivity index (χ2v) is 5.12. The van der Waals surface area contributed by atoms with Crippen molar-refractivity contribution in [2.45, 2.75) is 32.9 Å². The molecule has 0 saturated carbocycles. The first kappa shape index (κ1) is 14.5. The smallest absolute Gasteiger partial charge is 0.256 e. The molecule has 2 rings (SSSR count). The fraction of sp³-hybridized carbons (Fsp3) is 0.615. The first-order valence-corrected chi connectivity index (χ1v) is 6.64. The number of carbonyl (C=O) groups excluding carboxylic acids is 1. The Hall–Kier alpha value is -1.91. The van der Waals surface area contributed by atoms with E-state index in [1.807, 2.05) is 6.07 Å². The highest BCUT2D eigenvalue weighted by atomic mass is 16.5. The number of nitrogens with zero attached hydrogens (tertiary/aromatic N) is 3. The summed E-state index contributed by atoms with van der Waals surface area (Å²) >= 11 is 0. The quantitative estimate of drug-likeness (QED) is 0.845. The van der Waals surface area contributed by atoms with Crippen LogP contribution in [-0.2, 0) is 9.53 Å². The van der Waals surface area contributed by atoms with Crippen molar-refractivity contribution in [3.05, 3.63) is 11.3 Å². The summed E-state index contributed by atoms with van der Waals surface area (Å²) in [5.74, 6) is -0.00128. The first-order chi connectivity index (χ1) is 9.52. The molecule has 1 atom stereocenters. The van der Waals surface area contributed by atoms with E-state index in [1.54, 1.807) is 6.92 Å². The van der Waals surface area contributed by atoms with Crippen molar-refractivity contribution in [3.8, 4) is 6.07 Å². The van der Waals surface area contributed by atoms with Crippen molar-refractivity contribution >= 4 is 11.7 Å². The van der Waals surface area contributed by atoms with Gasteiger partial charge in [0, 0.05) is 19.1 Å². The number of rotatable bonds is 3. The lowest BCUT2D eigenvalue weighted by molar-refractivity contribution is -0.133. The van der Waals surface area contributed by atoms with E-state index in [2.05, 4.69) is 34.3 Å². The van der Waals surface area contributed by atoms with Gasteiger partial charge in [-0.1, -0.05) is 0 Å². The first-order valence-electron chi connectivity index (χ1n) is 6.64. The molecule has 0 aliphatic carbocycles. The Morgan fingerprint density at radius 3 is 3.05 bits per heavy atom. The second kappa shape index (κ2) is 6.03. The number of aryl methyl sites for hydroxylation is 1. The van der Waals surface area contributed by atoms with E-state index in [0.29, 0.717) is 30.5 Å². The Morgan fingerprint density at radius 1 is 1.65 bits per heavy atom. The molecule has 1 aromatic heterocycles. The topological polar surface area (TPSA) is 94.0 Å². The number of nitrogens with one attached hydrogen (secondary N) is 2. The van der Waals surface area contributed by atoms with Gasteiger partial charge < -0.3 is 10.1 Å². The van der Waals surface area contributed by atoms with E-state index < -0.39 is 6.10 Å². The number of amides is 1. The zero-order valence-corrected chi connectivity index (χ0v) is 11.9. The summed E-state index contributed by atoms with van der Waals surface area (Å²) in [5, 5.41) is 18.3. The molecule has 1 aliphatic rings. The lowest BCUT2D eigenvalue weighted by Crippen LogP contribution is -2.50. The summed E-state index contributed by atoms with van der Waals surface area (Å²) in [4.78, 5) is 14.4. The van der Waals surface area contributed by atoms with Crippen molar-refractivity contribution in [2.24, 2.45) is 0 Å². The van der Waals surface area contributed by atoms with Gasteiger partial charge in [-0.05, 0) is 20.8 Å². The molecular weight excluding hydrogens is 258 g/mol. The molecule has 0 aromatic carbocycles. The van der Waals surface area contributed by atoms with Gasteiger partial charge in [-0.2, -0.15) is 10.4 Å². The van der Waals surface area contributed by atoms with Gasteiger partial charge in [0.15, 0.2) is 5.82 Å². The summed E-state index contributed by atoms with van der Waals surface area (Å²) in [6, 6.07) is 2.39. The molecule has 0 radical (unpaired) electrons.